The standard InChI is InChI=1S/C14H12BrClN2S/c15-11-5-3-6-12(8-11)18-14(19)17-9-10-4-1-2-7-13(10)16/h1-8H,9H2,(H2,17,18,19). The molecule has 2 rings (SSSR count). The third kappa shape index (κ3) is 4.49. The van der Waals surface area contributed by atoms with Crippen LogP contribution in [0.5, 0.6) is 0 Å². The summed E-state index contributed by atoms with van der Waals surface area (Å²) >= 11 is 14.7. The minimum atomic E-state index is 0.568. The second-order valence-corrected chi connectivity index (χ2v) is 5.64. The molecule has 98 valence electrons. The van der Waals surface area contributed by atoms with Crippen LogP contribution < -0.4 is 10.6 Å². The van der Waals surface area contributed by atoms with E-state index >= 15 is 0 Å². The van der Waals surface area contributed by atoms with Gasteiger partial charge in [-0.05, 0) is 42.0 Å². The third-order valence-corrected chi connectivity index (χ3v) is 3.59. The molecule has 0 radical (unpaired) electrons. The average Bonchev–Trinajstić information content (AvgIpc) is 2.38. The zero-order chi connectivity index (χ0) is 13.7. The van der Waals surface area contributed by atoms with Crippen molar-refractivity contribution in [2.24, 2.45) is 0 Å². The summed E-state index contributed by atoms with van der Waals surface area (Å²) < 4.78 is 1.01. The van der Waals surface area contributed by atoms with Crippen LogP contribution in [-0.2, 0) is 6.54 Å². The summed E-state index contributed by atoms with van der Waals surface area (Å²) in [6.07, 6.45) is 0. The molecule has 0 fully saturated rings. The number of halogens is 2. The number of hydrogen-bond acceptors (Lipinski definition) is 1. The Balaban J connectivity index is 1.90. The van der Waals surface area contributed by atoms with Gasteiger partial charge in [-0.2, -0.15) is 0 Å². The summed E-state index contributed by atoms with van der Waals surface area (Å²) in [4.78, 5) is 0. The maximum Gasteiger partial charge on any atom is 0.171 e. The second-order valence-electron chi connectivity index (χ2n) is 3.91. The molecule has 0 saturated carbocycles. The maximum atomic E-state index is 6.08. The summed E-state index contributed by atoms with van der Waals surface area (Å²) in [6.45, 7) is 0.597. The Morgan fingerprint density at radius 1 is 1.16 bits per heavy atom. The Morgan fingerprint density at radius 2 is 1.95 bits per heavy atom. The van der Waals surface area contributed by atoms with Crippen LogP contribution in [0.15, 0.2) is 53.0 Å². The van der Waals surface area contributed by atoms with E-state index < -0.39 is 0 Å². The zero-order valence-corrected chi connectivity index (χ0v) is 13.1. The van der Waals surface area contributed by atoms with E-state index in [4.69, 9.17) is 23.8 Å². The van der Waals surface area contributed by atoms with Gasteiger partial charge < -0.3 is 10.6 Å². The highest BCUT2D eigenvalue weighted by molar-refractivity contribution is 9.10. The number of benzene rings is 2. The lowest BCUT2D eigenvalue weighted by Crippen LogP contribution is -2.27. The van der Waals surface area contributed by atoms with Crippen molar-refractivity contribution in [1.29, 1.82) is 0 Å². The highest BCUT2D eigenvalue weighted by atomic mass is 79.9. The van der Waals surface area contributed by atoms with Crippen LogP contribution in [-0.4, -0.2) is 5.11 Å². The number of anilines is 1. The first-order chi connectivity index (χ1) is 9.15. The number of hydrogen-bond donors (Lipinski definition) is 2. The van der Waals surface area contributed by atoms with E-state index in [9.17, 15) is 0 Å². The minimum absolute atomic E-state index is 0.568. The Labute approximate surface area is 131 Å². The first kappa shape index (κ1) is 14.3. The quantitative estimate of drug-likeness (QED) is 0.788. The molecule has 0 atom stereocenters. The van der Waals surface area contributed by atoms with Crippen molar-refractivity contribution >= 4 is 50.5 Å². The van der Waals surface area contributed by atoms with Crippen molar-refractivity contribution in [1.82, 2.24) is 5.32 Å². The van der Waals surface area contributed by atoms with Gasteiger partial charge in [0.25, 0.3) is 0 Å². The Hall–Kier alpha value is -1.10. The van der Waals surface area contributed by atoms with Crippen LogP contribution in [0.4, 0.5) is 5.69 Å². The summed E-state index contributed by atoms with van der Waals surface area (Å²) in [5, 5.41) is 7.55. The molecule has 0 heterocycles. The minimum Gasteiger partial charge on any atom is -0.358 e. The van der Waals surface area contributed by atoms with Crippen LogP contribution in [0.3, 0.4) is 0 Å². The van der Waals surface area contributed by atoms with Gasteiger partial charge in [0.15, 0.2) is 5.11 Å². The maximum absolute atomic E-state index is 6.08. The first-order valence-electron chi connectivity index (χ1n) is 5.69. The fourth-order valence-electron chi connectivity index (χ4n) is 1.56. The smallest absolute Gasteiger partial charge is 0.171 e. The molecule has 0 aromatic heterocycles. The molecular formula is C14H12BrClN2S. The van der Waals surface area contributed by atoms with Gasteiger partial charge in [-0.25, -0.2) is 0 Å². The van der Waals surface area contributed by atoms with Crippen molar-refractivity contribution in [3.05, 3.63) is 63.6 Å². The highest BCUT2D eigenvalue weighted by Gasteiger charge is 2.01. The molecule has 0 spiro atoms. The summed E-state index contributed by atoms with van der Waals surface area (Å²) in [5.74, 6) is 0. The predicted molar refractivity (Wildman–Crippen MR) is 88.7 cm³/mol. The van der Waals surface area contributed by atoms with Gasteiger partial charge in [0, 0.05) is 21.7 Å². The van der Waals surface area contributed by atoms with E-state index in [0.29, 0.717) is 11.7 Å². The number of rotatable bonds is 3. The molecule has 2 aromatic rings. The van der Waals surface area contributed by atoms with Crippen LogP contribution in [0.25, 0.3) is 0 Å². The van der Waals surface area contributed by atoms with Crippen LogP contribution >= 0.6 is 39.7 Å². The lowest BCUT2D eigenvalue weighted by molar-refractivity contribution is 0.926. The largest absolute Gasteiger partial charge is 0.358 e. The first-order valence-corrected chi connectivity index (χ1v) is 7.27. The fraction of sp³-hybridized carbons (Fsp3) is 0.0714. The summed E-state index contributed by atoms with van der Waals surface area (Å²) in [6, 6.07) is 15.5. The lowest BCUT2D eigenvalue weighted by atomic mass is 10.2. The lowest BCUT2D eigenvalue weighted by Gasteiger charge is -2.11. The Bertz CT molecular complexity index is 589. The molecule has 0 aliphatic rings. The van der Waals surface area contributed by atoms with E-state index in [2.05, 4.69) is 26.6 Å². The average molecular weight is 356 g/mol. The molecule has 2 aromatic carbocycles. The van der Waals surface area contributed by atoms with Gasteiger partial charge in [-0.15, -0.1) is 0 Å². The van der Waals surface area contributed by atoms with Crippen LogP contribution in [0.1, 0.15) is 5.56 Å². The molecule has 0 unspecified atom stereocenters. The van der Waals surface area contributed by atoms with Gasteiger partial charge in [0.2, 0.25) is 0 Å². The SMILES string of the molecule is S=C(NCc1ccccc1Cl)Nc1cccc(Br)c1. The van der Waals surface area contributed by atoms with Gasteiger partial charge in [0.1, 0.15) is 0 Å². The molecule has 2 nitrogen and oxygen atoms in total. The van der Waals surface area contributed by atoms with E-state index in [1.165, 1.54) is 0 Å². The molecule has 19 heavy (non-hydrogen) atoms. The fourth-order valence-corrected chi connectivity index (χ4v) is 2.35. The van der Waals surface area contributed by atoms with Crippen molar-refractivity contribution in [2.45, 2.75) is 6.54 Å². The number of nitrogens with one attached hydrogen (secondary N) is 2. The second kappa shape index (κ2) is 6.89. The van der Waals surface area contributed by atoms with E-state index in [-0.39, 0.29) is 0 Å². The Morgan fingerprint density at radius 3 is 2.68 bits per heavy atom. The number of thiocarbonyl (C=S) groups is 1. The molecule has 2 N–H and O–H groups in total. The Kier molecular flexibility index (Phi) is 5.19. The topological polar surface area (TPSA) is 24.1 Å². The van der Waals surface area contributed by atoms with Crippen molar-refractivity contribution in [2.75, 3.05) is 5.32 Å². The van der Waals surface area contributed by atoms with Crippen LogP contribution in [0.2, 0.25) is 5.02 Å². The van der Waals surface area contributed by atoms with Gasteiger partial charge in [-0.3, -0.25) is 0 Å². The van der Waals surface area contributed by atoms with E-state index in [1.54, 1.807) is 0 Å². The van der Waals surface area contributed by atoms with Crippen molar-refractivity contribution < 1.29 is 0 Å². The molecule has 0 aliphatic carbocycles. The monoisotopic (exact) mass is 354 g/mol. The highest BCUT2D eigenvalue weighted by Crippen LogP contribution is 2.16. The normalized spacial score (nSPS) is 10.0. The third-order valence-electron chi connectivity index (χ3n) is 2.48. The molecule has 5 heteroatoms. The van der Waals surface area contributed by atoms with E-state index in [0.717, 1.165) is 20.7 Å². The van der Waals surface area contributed by atoms with Gasteiger partial charge >= 0.3 is 0 Å². The predicted octanol–water partition coefficient (Wildman–Crippen LogP) is 4.59. The van der Waals surface area contributed by atoms with Gasteiger partial charge in [-0.1, -0.05) is 51.8 Å². The molecule has 0 bridgehead atoms. The van der Waals surface area contributed by atoms with Crippen LogP contribution in [0, 0.1) is 0 Å². The summed E-state index contributed by atoms with van der Waals surface area (Å²) in [7, 11) is 0. The summed E-state index contributed by atoms with van der Waals surface area (Å²) in [5.41, 5.74) is 1.95. The van der Waals surface area contributed by atoms with Crippen molar-refractivity contribution in [3.63, 3.8) is 0 Å². The molecule has 0 saturated heterocycles. The molecular weight excluding hydrogens is 344 g/mol. The van der Waals surface area contributed by atoms with Gasteiger partial charge in [0.05, 0.1) is 0 Å². The molecule has 0 amide bonds. The van der Waals surface area contributed by atoms with E-state index in [1.807, 2.05) is 48.5 Å². The zero-order valence-electron chi connectivity index (χ0n) is 9.99. The van der Waals surface area contributed by atoms with Crippen molar-refractivity contribution in [3.8, 4) is 0 Å². The molecule has 0 aliphatic heterocycles.